The van der Waals surface area contributed by atoms with Crippen molar-refractivity contribution in [2.45, 2.75) is 45.5 Å². The number of aliphatic hydroxyl groups excluding tert-OH is 1. The van der Waals surface area contributed by atoms with Crippen molar-refractivity contribution in [3.63, 3.8) is 0 Å². The average Bonchev–Trinajstić information content (AvgIpc) is 2.74. The highest BCUT2D eigenvalue weighted by atomic mass is 19.4. The summed E-state index contributed by atoms with van der Waals surface area (Å²) in [5, 5.41) is 19.1. The number of amides is 2. The van der Waals surface area contributed by atoms with Crippen LogP contribution in [0.5, 0.6) is 5.75 Å². The van der Waals surface area contributed by atoms with Crippen LogP contribution in [0, 0.1) is 11.8 Å². The van der Waals surface area contributed by atoms with Crippen molar-refractivity contribution < 1.29 is 37.8 Å². The predicted octanol–water partition coefficient (Wildman–Crippen LogP) is 2.19. The Morgan fingerprint density at radius 1 is 1.22 bits per heavy atom. The highest BCUT2D eigenvalue weighted by Crippen LogP contribution is 2.26. The number of anilines is 1. The van der Waals surface area contributed by atoms with E-state index < -0.39 is 30.7 Å². The topological polar surface area (TPSA) is 102 Å². The molecule has 0 bridgehead atoms. The second-order valence-corrected chi connectivity index (χ2v) is 8.38. The summed E-state index contributed by atoms with van der Waals surface area (Å²) in [5.74, 6) is -2.22. The molecule has 0 aromatic heterocycles. The molecule has 1 saturated heterocycles. The zero-order valence-electron chi connectivity index (χ0n) is 18.3. The molecule has 1 aromatic carbocycles. The van der Waals surface area contributed by atoms with Crippen LogP contribution in [0.1, 0.15) is 27.2 Å². The van der Waals surface area contributed by atoms with Gasteiger partial charge in [-0.25, -0.2) is 5.48 Å². The van der Waals surface area contributed by atoms with Crippen molar-refractivity contribution in [3.8, 4) is 5.75 Å². The van der Waals surface area contributed by atoms with Gasteiger partial charge in [0.1, 0.15) is 11.9 Å². The number of aliphatic hydroxyl groups is 1. The van der Waals surface area contributed by atoms with Crippen molar-refractivity contribution in [2.24, 2.45) is 11.8 Å². The Hall–Kier alpha value is -2.53. The molecule has 0 aliphatic carbocycles. The Balaban J connectivity index is 2.03. The number of hydrogen-bond acceptors (Lipinski definition) is 6. The SMILES string of the molecule is CC(C)C[C@H](C(=O)N1CCN(c2ccc(OCC(F)(F)F)cc2)C[C@H]1C)[C@H](O)C(=O)NO. The summed E-state index contributed by atoms with van der Waals surface area (Å²) < 4.78 is 41.6. The molecule has 0 radical (unpaired) electrons. The number of hydroxylamine groups is 1. The van der Waals surface area contributed by atoms with Gasteiger partial charge in [0.25, 0.3) is 5.91 Å². The lowest BCUT2D eigenvalue weighted by atomic mass is 9.89. The van der Waals surface area contributed by atoms with Gasteiger partial charge in [0.2, 0.25) is 5.91 Å². The molecule has 3 atom stereocenters. The van der Waals surface area contributed by atoms with E-state index in [0.717, 1.165) is 5.69 Å². The van der Waals surface area contributed by atoms with Crippen LogP contribution in [0.2, 0.25) is 0 Å². The summed E-state index contributed by atoms with van der Waals surface area (Å²) in [4.78, 5) is 28.4. The van der Waals surface area contributed by atoms with Gasteiger partial charge in [0.15, 0.2) is 6.61 Å². The lowest BCUT2D eigenvalue weighted by Gasteiger charge is -2.42. The van der Waals surface area contributed by atoms with Gasteiger partial charge >= 0.3 is 6.18 Å². The van der Waals surface area contributed by atoms with E-state index in [2.05, 4.69) is 0 Å². The zero-order valence-corrected chi connectivity index (χ0v) is 18.3. The summed E-state index contributed by atoms with van der Waals surface area (Å²) in [7, 11) is 0. The molecule has 0 spiro atoms. The number of nitrogens with zero attached hydrogens (tertiary/aromatic N) is 2. The number of benzene rings is 1. The standard InChI is InChI=1S/C21H30F3N3O5/c1-13(2)10-17(18(28)19(29)25-31)20(30)27-9-8-26(11-14(27)3)15-4-6-16(7-5-15)32-12-21(22,23)24/h4-7,13-14,17-18,28,31H,8-12H2,1-3H3,(H,25,29)/t14-,17+,18+/m1/s1. The first-order valence-corrected chi connectivity index (χ1v) is 10.4. The van der Waals surface area contributed by atoms with Crippen LogP contribution in [-0.2, 0) is 9.59 Å². The van der Waals surface area contributed by atoms with Gasteiger partial charge in [-0.3, -0.25) is 14.8 Å². The van der Waals surface area contributed by atoms with E-state index in [4.69, 9.17) is 9.94 Å². The highest BCUT2D eigenvalue weighted by Gasteiger charge is 2.38. The van der Waals surface area contributed by atoms with Crippen LogP contribution in [0.4, 0.5) is 18.9 Å². The maximum Gasteiger partial charge on any atom is 0.422 e. The first-order chi connectivity index (χ1) is 14.9. The molecule has 32 heavy (non-hydrogen) atoms. The number of alkyl halides is 3. The largest absolute Gasteiger partial charge is 0.484 e. The number of rotatable bonds is 8. The maximum atomic E-state index is 13.1. The van der Waals surface area contributed by atoms with Gasteiger partial charge in [0, 0.05) is 31.4 Å². The third-order valence-corrected chi connectivity index (χ3v) is 5.32. The Morgan fingerprint density at radius 3 is 2.34 bits per heavy atom. The van der Waals surface area contributed by atoms with Crippen molar-refractivity contribution in [1.29, 1.82) is 0 Å². The van der Waals surface area contributed by atoms with E-state index >= 15 is 0 Å². The molecule has 8 nitrogen and oxygen atoms in total. The van der Waals surface area contributed by atoms with Crippen LogP contribution in [0.15, 0.2) is 24.3 Å². The quantitative estimate of drug-likeness (QED) is 0.405. The Labute approximate surface area is 184 Å². The Kier molecular flexibility index (Phi) is 8.73. The molecule has 1 fully saturated rings. The van der Waals surface area contributed by atoms with Gasteiger partial charge in [-0.15, -0.1) is 0 Å². The van der Waals surface area contributed by atoms with Crippen molar-refractivity contribution >= 4 is 17.5 Å². The summed E-state index contributed by atoms with van der Waals surface area (Å²) in [6.45, 7) is 5.49. The van der Waals surface area contributed by atoms with E-state index in [1.807, 2.05) is 25.7 Å². The Bertz CT molecular complexity index is 773. The van der Waals surface area contributed by atoms with Gasteiger partial charge in [-0.1, -0.05) is 13.8 Å². The molecule has 11 heteroatoms. The molecular formula is C21H30F3N3O5. The first-order valence-electron chi connectivity index (χ1n) is 10.4. The summed E-state index contributed by atoms with van der Waals surface area (Å²) in [5.41, 5.74) is 2.18. The molecule has 1 aliphatic rings. The minimum atomic E-state index is -4.41. The zero-order chi connectivity index (χ0) is 24.1. The fraction of sp³-hybridized carbons (Fsp3) is 0.619. The molecule has 1 aliphatic heterocycles. The predicted molar refractivity (Wildman–Crippen MR) is 110 cm³/mol. The molecule has 0 saturated carbocycles. The fourth-order valence-corrected chi connectivity index (χ4v) is 3.77. The third-order valence-electron chi connectivity index (χ3n) is 5.32. The molecular weight excluding hydrogens is 431 g/mol. The number of carbonyl (C=O) groups excluding carboxylic acids is 2. The fourth-order valence-electron chi connectivity index (χ4n) is 3.77. The normalized spacial score (nSPS) is 19.0. The molecule has 2 amide bonds. The van der Waals surface area contributed by atoms with Crippen molar-refractivity contribution in [1.82, 2.24) is 10.4 Å². The summed E-state index contributed by atoms with van der Waals surface area (Å²) in [6, 6.07) is 6.01. The number of hydrogen-bond donors (Lipinski definition) is 3. The third kappa shape index (κ3) is 6.99. The van der Waals surface area contributed by atoms with Gasteiger partial charge in [-0.05, 0) is 43.5 Å². The second-order valence-electron chi connectivity index (χ2n) is 8.38. The van der Waals surface area contributed by atoms with E-state index in [0.29, 0.717) is 19.6 Å². The van der Waals surface area contributed by atoms with Gasteiger partial charge < -0.3 is 19.6 Å². The maximum absolute atomic E-state index is 13.1. The molecule has 3 N–H and O–H groups in total. The minimum Gasteiger partial charge on any atom is -0.484 e. The van der Waals surface area contributed by atoms with Crippen molar-refractivity contribution in [2.75, 3.05) is 31.1 Å². The second kappa shape index (κ2) is 10.9. The minimum absolute atomic E-state index is 0.0415. The molecule has 0 unspecified atom stereocenters. The summed E-state index contributed by atoms with van der Waals surface area (Å²) >= 11 is 0. The number of nitrogens with one attached hydrogen (secondary N) is 1. The van der Waals surface area contributed by atoms with E-state index in [1.54, 1.807) is 17.0 Å². The molecule has 1 aromatic rings. The van der Waals surface area contributed by atoms with Crippen LogP contribution in [0.25, 0.3) is 0 Å². The monoisotopic (exact) mass is 461 g/mol. The van der Waals surface area contributed by atoms with Crippen LogP contribution >= 0.6 is 0 Å². The van der Waals surface area contributed by atoms with Gasteiger partial charge in [-0.2, -0.15) is 13.2 Å². The van der Waals surface area contributed by atoms with Crippen molar-refractivity contribution in [3.05, 3.63) is 24.3 Å². The van der Waals surface area contributed by atoms with Crippen LogP contribution in [0.3, 0.4) is 0 Å². The molecule has 1 heterocycles. The Morgan fingerprint density at radius 2 is 1.84 bits per heavy atom. The smallest absolute Gasteiger partial charge is 0.422 e. The number of halogens is 3. The van der Waals surface area contributed by atoms with E-state index in [9.17, 15) is 27.9 Å². The lowest BCUT2D eigenvalue weighted by molar-refractivity contribution is -0.153. The highest BCUT2D eigenvalue weighted by molar-refractivity contribution is 5.89. The number of piperazine rings is 1. The first kappa shape index (κ1) is 25.7. The molecule has 180 valence electrons. The lowest BCUT2D eigenvalue weighted by Crippen LogP contribution is -2.57. The van der Waals surface area contributed by atoms with Crippen LogP contribution in [-0.4, -0.2) is 71.6 Å². The van der Waals surface area contributed by atoms with E-state index in [-0.39, 0.29) is 30.0 Å². The average molecular weight is 461 g/mol. The molecule has 2 rings (SSSR count). The number of ether oxygens (including phenoxy) is 1. The summed E-state index contributed by atoms with van der Waals surface area (Å²) in [6.07, 6.45) is -5.79. The van der Waals surface area contributed by atoms with E-state index in [1.165, 1.54) is 17.6 Å². The van der Waals surface area contributed by atoms with Gasteiger partial charge in [0.05, 0.1) is 5.92 Å². The van der Waals surface area contributed by atoms with Crippen LogP contribution < -0.4 is 15.1 Å². The number of carbonyl (C=O) groups is 2.